The lowest BCUT2D eigenvalue weighted by Crippen LogP contribution is -2.12. The van der Waals surface area contributed by atoms with Gasteiger partial charge in [-0.25, -0.2) is 14.3 Å². The summed E-state index contributed by atoms with van der Waals surface area (Å²) in [7, 11) is 0. The highest BCUT2D eigenvalue weighted by atomic mass is 16.5. The topological polar surface area (TPSA) is 56.5 Å². The molecule has 0 amide bonds. The van der Waals surface area contributed by atoms with E-state index in [0.29, 0.717) is 23.9 Å². The van der Waals surface area contributed by atoms with E-state index in [4.69, 9.17) is 9.72 Å². The fourth-order valence-corrected chi connectivity index (χ4v) is 4.40. The van der Waals surface area contributed by atoms with Gasteiger partial charge < -0.3 is 4.74 Å². The second kappa shape index (κ2) is 5.72. The number of nitrogens with zero attached hydrogens (tertiary/aromatic N) is 3. The van der Waals surface area contributed by atoms with Crippen LogP contribution in [0.2, 0.25) is 0 Å². The number of carbonyl (C=O) groups excluding carboxylic acids is 1. The SMILES string of the molecule is C=C(C)c1cc(C2CC3CCC2C3)nc2cc(C(=O)OCC)nn12. The lowest BCUT2D eigenvalue weighted by Gasteiger charge is -2.22. The predicted octanol–water partition coefficient (Wildman–Crippen LogP) is 3.84. The Balaban J connectivity index is 1.79. The molecule has 2 aromatic rings. The van der Waals surface area contributed by atoms with E-state index >= 15 is 0 Å². The monoisotopic (exact) mass is 325 g/mol. The third kappa shape index (κ3) is 2.43. The third-order valence-corrected chi connectivity index (χ3v) is 5.49. The van der Waals surface area contributed by atoms with Crippen molar-refractivity contribution in [3.05, 3.63) is 35.8 Å². The maximum absolute atomic E-state index is 12.0. The molecule has 0 aliphatic heterocycles. The van der Waals surface area contributed by atoms with Crippen molar-refractivity contribution in [2.75, 3.05) is 6.61 Å². The Hall–Kier alpha value is -2.17. The molecule has 0 N–H and O–H groups in total. The zero-order chi connectivity index (χ0) is 16.8. The Morgan fingerprint density at radius 2 is 2.21 bits per heavy atom. The highest BCUT2D eigenvalue weighted by Crippen LogP contribution is 2.52. The molecule has 2 aliphatic rings. The van der Waals surface area contributed by atoms with Gasteiger partial charge in [-0.15, -0.1) is 0 Å². The second-order valence-corrected chi connectivity index (χ2v) is 7.15. The first kappa shape index (κ1) is 15.4. The van der Waals surface area contributed by atoms with E-state index < -0.39 is 5.97 Å². The number of carbonyl (C=O) groups is 1. The molecule has 3 unspecified atom stereocenters. The molecule has 2 saturated carbocycles. The molecule has 2 aromatic heterocycles. The van der Waals surface area contributed by atoms with Gasteiger partial charge in [0.2, 0.25) is 0 Å². The van der Waals surface area contributed by atoms with Gasteiger partial charge in [0.05, 0.1) is 12.3 Å². The quantitative estimate of drug-likeness (QED) is 0.801. The number of rotatable bonds is 4. The summed E-state index contributed by atoms with van der Waals surface area (Å²) in [5.74, 6) is 1.76. The van der Waals surface area contributed by atoms with Crippen LogP contribution in [0.25, 0.3) is 11.2 Å². The van der Waals surface area contributed by atoms with Crippen LogP contribution in [-0.2, 0) is 4.74 Å². The van der Waals surface area contributed by atoms with Crippen LogP contribution < -0.4 is 0 Å². The van der Waals surface area contributed by atoms with Crippen molar-refractivity contribution in [2.24, 2.45) is 11.8 Å². The Morgan fingerprint density at radius 1 is 1.38 bits per heavy atom. The molecular weight excluding hydrogens is 302 g/mol. The molecule has 5 nitrogen and oxygen atoms in total. The molecule has 2 bridgehead atoms. The highest BCUT2D eigenvalue weighted by Gasteiger charge is 2.41. The molecule has 24 heavy (non-hydrogen) atoms. The molecule has 0 spiro atoms. The molecule has 0 saturated heterocycles. The first-order chi connectivity index (χ1) is 11.6. The second-order valence-electron chi connectivity index (χ2n) is 7.15. The van der Waals surface area contributed by atoms with Crippen LogP contribution >= 0.6 is 0 Å². The number of ether oxygens (including phenoxy) is 1. The summed E-state index contributed by atoms with van der Waals surface area (Å²) in [5, 5.41) is 4.39. The van der Waals surface area contributed by atoms with E-state index in [0.717, 1.165) is 28.8 Å². The van der Waals surface area contributed by atoms with Crippen LogP contribution in [-0.4, -0.2) is 27.2 Å². The molecule has 0 aromatic carbocycles. The molecule has 126 valence electrons. The lowest BCUT2D eigenvalue weighted by atomic mass is 9.86. The molecular formula is C19H23N3O2. The van der Waals surface area contributed by atoms with Gasteiger partial charge in [0, 0.05) is 17.7 Å². The minimum Gasteiger partial charge on any atom is -0.461 e. The van der Waals surface area contributed by atoms with Crippen LogP contribution in [0.15, 0.2) is 18.7 Å². The van der Waals surface area contributed by atoms with Crippen molar-refractivity contribution in [1.29, 1.82) is 0 Å². The predicted molar refractivity (Wildman–Crippen MR) is 91.8 cm³/mol. The summed E-state index contributed by atoms with van der Waals surface area (Å²) in [5.41, 5.74) is 3.98. The first-order valence-corrected chi connectivity index (χ1v) is 8.80. The molecule has 0 radical (unpaired) electrons. The Bertz CT molecular complexity index is 823. The maximum atomic E-state index is 12.0. The van der Waals surface area contributed by atoms with Crippen molar-refractivity contribution < 1.29 is 9.53 Å². The maximum Gasteiger partial charge on any atom is 0.358 e. The molecule has 2 heterocycles. The number of allylic oxidation sites excluding steroid dienone is 1. The number of esters is 1. The van der Waals surface area contributed by atoms with Crippen LogP contribution in [0.4, 0.5) is 0 Å². The summed E-state index contributed by atoms with van der Waals surface area (Å²) in [6, 6.07) is 3.84. The molecule has 2 aliphatic carbocycles. The minimum atomic E-state index is -0.405. The summed E-state index contributed by atoms with van der Waals surface area (Å²) in [6.07, 6.45) is 5.27. The number of hydrogen-bond donors (Lipinski definition) is 0. The molecule has 5 heteroatoms. The summed E-state index contributed by atoms with van der Waals surface area (Å²) < 4.78 is 6.78. The third-order valence-electron chi connectivity index (χ3n) is 5.49. The summed E-state index contributed by atoms with van der Waals surface area (Å²) >= 11 is 0. The summed E-state index contributed by atoms with van der Waals surface area (Å²) in [4.78, 5) is 16.8. The van der Waals surface area contributed by atoms with Crippen molar-refractivity contribution in [2.45, 2.75) is 45.4 Å². The molecule has 3 atom stereocenters. The van der Waals surface area contributed by atoms with E-state index in [-0.39, 0.29) is 0 Å². The van der Waals surface area contributed by atoms with Crippen molar-refractivity contribution in [3.63, 3.8) is 0 Å². The van der Waals surface area contributed by atoms with Crippen LogP contribution in [0.5, 0.6) is 0 Å². The Labute approximate surface area is 141 Å². The number of hydrogen-bond acceptors (Lipinski definition) is 4. The van der Waals surface area contributed by atoms with Crippen molar-refractivity contribution in [1.82, 2.24) is 14.6 Å². The largest absolute Gasteiger partial charge is 0.461 e. The van der Waals surface area contributed by atoms with Crippen LogP contribution in [0, 0.1) is 11.8 Å². The number of fused-ring (bicyclic) bond motifs is 3. The number of aromatic nitrogens is 3. The lowest BCUT2D eigenvalue weighted by molar-refractivity contribution is 0.0519. The van der Waals surface area contributed by atoms with Gasteiger partial charge in [0.1, 0.15) is 0 Å². The van der Waals surface area contributed by atoms with Crippen molar-refractivity contribution in [3.8, 4) is 0 Å². The summed E-state index contributed by atoms with van der Waals surface area (Å²) in [6.45, 7) is 8.17. The first-order valence-electron chi connectivity index (χ1n) is 8.80. The van der Waals surface area contributed by atoms with E-state index in [9.17, 15) is 4.79 Å². The smallest absolute Gasteiger partial charge is 0.358 e. The van der Waals surface area contributed by atoms with E-state index in [1.165, 1.54) is 25.7 Å². The van der Waals surface area contributed by atoms with Gasteiger partial charge in [0.15, 0.2) is 11.3 Å². The van der Waals surface area contributed by atoms with E-state index in [1.54, 1.807) is 17.5 Å². The van der Waals surface area contributed by atoms with Crippen LogP contribution in [0.3, 0.4) is 0 Å². The van der Waals surface area contributed by atoms with E-state index in [2.05, 4.69) is 17.7 Å². The van der Waals surface area contributed by atoms with Gasteiger partial charge in [-0.1, -0.05) is 13.0 Å². The van der Waals surface area contributed by atoms with Gasteiger partial charge >= 0.3 is 5.97 Å². The van der Waals surface area contributed by atoms with E-state index in [1.807, 2.05) is 6.92 Å². The zero-order valence-electron chi connectivity index (χ0n) is 14.3. The van der Waals surface area contributed by atoms with Gasteiger partial charge in [-0.05, 0) is 56.6 Å². The van der Waals surface area contributed by atoms with Gasteiger partial charge in [-0.3, -0.25) is 0 Å². The fraction of sp³-hybridized carbons (Fsp3) is 0.526. The Kier molecular flexibility index (Phi) is 3.66. The Morgan fingerprint density at radius 3 is 2.83 bits per heavy atom. The molecule has 4 rings (SSSR count). The average molecular weight is 325 g/mol. The highest BCUT2D eigenvalue weighted by molar-refractivity contribution is 5.88. The fourth-order valence-electron chi connectivity index (χ4n) is 4.40. The standard InChI is InChI=1S/C19H23N3O2/c1-4-24-19(23)16-10-18-20-15(9-17(11(2)3)22(18)21-16)14-8-12-5-6-13(14)7-12/h9-10,12-14H,2,4-8H2,1,3H3. The van der Waals surface area contributed by atoms with Crippen molar-refractivity contribution >= 4 is 17.2 Å². The van der Waals surface area contributed by atoms with Crippen LogP contribution in [0.1, 0.15) is 67.3 Å². The minimum absolute atomic E-state index is 0.303. The van der Waals surface area contributed by atoms with Gasteiger partial charge in [-0.2, -0.15) is 5.10 Å². The normalized spacial score (nSPS) is 25.3. The zero-order valence-corrected chi connectivity index (χ0v) is 14.3. The average Bonchev–Trinajstić information content (AvgIpc) is 3.28. The molecule has 2 fully saturated rings. The van der Waals surface area contributed by atoms with Gasteiger partial charge in [0.25, 0.3) is 0 Å².